The van der Waals surface area contributed by atoms with Crippen molar-refractivity contribution in [1.82, 2.24) is 25.0 Å². The maximum Gasteiger partial charge on any atom is 0.141 e. The van der Waals surface area contributed by atoms with Crippen LogP contribution in [-0.4, -0.2) is 44.8 Å². The number of nitrogens with zero attached hydrogens (tertiary/aromatic N) is 4. The minimum atomic E-state index is 0.623. The lowest BCUT2D eigenvalue weighted by Crippen LogP contribution is -2.41. The molecule has 0 radical (unpaired) electrons. The number of nitrogens with one attached hydrogen (secondary N) is 1. The van der Waals surface area contributed by atoms with Gasteiger partial charge in [-0.3, -0.25) is 4.90 Å². The summed E-state index contributed by atoms with van der Waals surface area (Å²) in [7, 11) is 0. The predicted molar refractivity (Wildman–Crippen MR) is 74.7 cm³/mol. The van der Waals surface area contributed by atoms with Gasteiger partial charge in [-0.05, 0) is 45.6 Å². The van der Waals surface area contributed by atoms with Crippen molar-refractivity contribution >= 4 is 0 Å². The Kier molecular flexibility index (Phi) is 3.84. The molecular formula is C14H25N5. The topological polar surface area (TPSA) is 46.0 Å². The Hall–Kier alpha value is -0.940. The van der Waals surface area contributed by atoms with E-state index in [1.807, 2.05) is 4.68 Å². The van der Waals surface area contributed by atoms with E-state index >= 15 is 0 Å². The van der Waals surface area contributed by atoms with Gasteiger partial charge in [0.1, 0.15) is 12.2 Å². The van der Waals surface area contributed by atoms with Gasteiger partial charge < -0.3 is 5.32 Å². The second-order valence-electron chi connectivity index (χ2n) is 5.96. The largest absolute Gasteiger partial charge is 0.312 e. The Balaban J connectivity index is 1.69. The van der Waals surface area contributed by atoms with Crippen LogP contribution >= 0.6 is 0 Å². The first-order valence-corrected chi connectivity index (χ1v) is 7.62. The highest BCUT2D eigenvalue weighted by atomic mass is 15.3. The SMILES string of the molecule is CCn1ncnc1CN1CC(C2CC2)NCCC1C. The lowest BCUT2D eigenvalue weighted by Gasteiger charge is -2.28. The average Bonchev–Trinajstić information content (AvgIpc) is 3.17. The van der Waals surface area contributed by atoms with Crippen LogP contribution in [0, 0.1) is 5.92 Å². The van der Waals surface area contributed by atoms with E-state index in [9.17, 15) is 0 Å². The summed E-state index contributed by atoms with van der Waals surface area (Å²) in [6, 6.07) is 1.31. The molecule has 1 aromatic rings. The first-order chi connectivity index (χ1) is 9.28. The molecule has 0 bridgehead atoms. The van der Waals surface area contributed by atoms with E-state index in [0.29, 0.717) is 12.1 Å². The molecule has 2 unspecified atom stereocenters. The molecule has 0 amide bonds. The van der Waals surface area contributed by atoms with Crippen molar-refractivity contribution in [2.24, 2.45) is 5.92 Å². The number of aryl methyl sites for hydroxylation is 1. The molecule has 5 nitrogen and oxygen atoms in total. The van der Waals surface area contributed by atoms with E-state index in [2.05, 4.69) is 34.1 Å². The maximum absolute atomic E-state index is 4.42. The molecule has 1 saturated carbocycles. The molecule has 1 N–H and O–H groups in total. The zero-order valence-electron chi connectivity index (χ0n) is 12.0. The van der Waals surface area contributed by atoms with Crippen LogP contribution in [0.2, 0.25) is 0 Å². The molecule has 1 saturated heterocycles. The standard InChI is InChI=1S/C14H25N5/c1-3-19-14(16-10-17-19)9-18-8-13(12-4-5-12)15-7-6-11(18)2/h10-13,15H,3-9H2,1-2H3. The maximum atomic E-state index is 4.42. The van der Waals surface area contributed by atoms with E-state index in [-0.39, 0.29) is 0 Å². The summed E-state index contributed by atoms with van der Waals surface area (Å²) < 4.78 is 2.01. The lowest BCUT2D eigenvalue weighted by atomic mass is 10.1. The zero-order chi connectivity index (χ0) is 13.2. The molecule has 1 aliphatic heterocycles. The Morgan fingerprint density at radius 2 is 2.21 bits per heavy atom. The van der Waals surface area contributed by atoms with Gasteiger partial charge in [-0.1, -0.05) is 0 Å². The Morgan fingerprint density at radius 1 is 1.37 bits per heavy atom. The smallest absolute Gasteiger partial charge is 0.141 e. The second kappa shape index (κ2) is 5.59. The summed E-state index contributed by atoms with van der Waals surface area (Å²) in [6.45, 7) is 8.60. The monoisotopic (exact) mass is 263 g/mol. The van der Waals surface area contributed by atoms with E-state index in [1.54, 1.807) is 6.33 Å². The molecule has 2 fully saturated rings. The minimum absolute atomic E-state index is 0.623. The van der Waals surface area contributed by atoms with Crippen LogP contribution in [0.4, 0.5) is 0 Å². The number of hydrogen-bond acceptors (Lipinski definition) is 4. The molecule has 2 heterocycles. The van der Waals surface area contributed by atoms with Crippen LogP contribution < -0.4 is 5.32 Å². The van der Waals surface area contributed by atoms with Crippen LogP contribution in [0.15, 0.2) is 6.33 Å². The van der Waals surface area contributed by atoms with E-state index in [4.69, 9.17) is 0 Å². The summed E-state index contributed by atoms with van der Waals surface area (Å²) in [5.41, 5.74) is 0. The summed E-state index contributed by atoms with van der Waals surface area (Å²) in [4.78, 5) is 7.00. The highest BCUT2D eigenvalue weighted by molar-refractivity contribution is 4.94. The number of hydrogen-bond donors (Lipinski definition) is 1. The third-order valence-corrected chi connectivity index (χ3v) is 4.55. The number of rotatable bonds is 4. The Bertz CT molecular complexity index is 412. The highest BCUT2D eigenvalue weighted by Gasteiger charge is 2.34. The van der Waals surface area contributed by atoms with Crippen LogP contribution in [0.25, 0.3) is 0 Å². The third kappa shape index (κ3) is 2.98. The van der Waals surface area contributed by atoms with Crippen molar-refractivity contribution in [3.05, 3.63) is 12.2 Å². The average molecular weight is 263 g/mol. The van der Waals surface area contributed by atoms with Crippen molar-refractivity contribution in [2.75, 3.05) is 13.1 Å². The molecule has 2 atom stereocenters. The van der Waals surface area contributed by atoms with Crippen molar-refractivity contribution in [3.63, 3.8) is 0 Å². The minimum Gasteiger partial charge on any atom is -0.312 e. The summed E-state index contributed by atoms with van der Waals surface area (Å²) in [5.74, 6) is 2.02. The molecule has 1 aliphatic carbocycles. The van der Waals surface area contributed by atoms with Crippen LogP contribution in [-0.2, 0) is 13.1 Å². The van der Waals surface area contributed by atoms with Gasteiger partial charge in [0, 0.05) is 25.2 Å². The van der Waals surface area contributed by atoms with E-state index in [1.165, 1.54) is 19.3 Å². The molecule has 2 aliphatic rings. The molecular weight excluding hydrogens is 238 g/mol. The molecule has 106 valence electrons. The van der Waals surface area contributed by atoms with Gasteiger partial charge in [0.2, 0.25) is 0 Å². The highest BCUT2D eigenvalue weighted by Crippen LogP contribution is 2.34. The fourth-order valence-electron chi connectivity index (χ4n) is 3.05. The molecule has 0 spiro atoms. The van der Waals surface area contributed by atoms with Gasteiger partial charge in [-0.2, -0.15) is 5.10 Å². The molecule has 5 heteroatoms. The first kappa shape index (κ1) is 13.1. The quantitative estimate of drug-likeness (QED) is 0.888. The van der Waals surface area contributed by atoms with Crippen molar-refractivity contribution < 1.29 is 0 Å². The van der Waals surface area contributed by atoms with Crippen molar-refractivity contribution in [1.29, 1.82) is 0 Å². The lowest BCUT2D eigenvalue weighted by molar-refractivity contribution is 0.183. The second-order valence-corrected chi connectivity index (χ2v) is 5.96. The fraction of sp³-hybridized carbons (Fsp3) is 0.857. The zero-order valence-corrected chi connectivity index (χ0v) is 12.0. The number of aromatic nitrogens is 3. The predicted octanol–water partition coefficient (Wildman–Crippen LogP) is 1.26. The molecule has 3 rings (SSSR count). The van der Waals surface area contributed by atoms with Crippen molar-refractivity contribution in [2.45, 2.75) is 58.3 Å². The Morgan fingerprint density at radius 3 is 2.95 bits per heavy atom. The van der Waals surface area contributed by atoms with Crippen LogP contribution in [0.5, 0.6) is 0 Å². The van der Waals surface area contributed by atoms with Gasteiger partial charge in [0.25, 0.3) is 0 Å². The molecule has 1 aromatic heterocycles. The summed E-state index contributed by atoms with van der Waals surface area (Å²) in [6.07, 6.45) is 5.72. The van der Waals surface area contributed by atoms with Gasteiger partial charge >= 0.3 is 0 Å². The Labute approximate surface area is 115 Å². The van der Waals surface area contributed by atoms with E-state index < -0.39 is 0 Å². The third-order valence-electron chi connectivity index (χ3n) is 4.55. The van der Waals surface area contributed by atoms with Gasteiger partial charge in [0.05, 0.1) is 6.54 Å². The normalized spacial score (nSPS) is 29.4. The van der Waals surface area contributed by atoms with Gasteiger partial charge in [-0.15, -0.1) is 0 Å². The van der Waals surface area contributed by atoms with Crippen LogP contribution in [0.1, 0.15) is 38.9 Å². The fourth-order valence-corrected chi connectivity index (χ4v) is 3.05. The van der Waals surface area contributed by atoms with Gasteiger partial charge in [0.15, 0.2) is 0 Å². The summed E-state index contributed by atoms with van der Waals surface area (Å²) >= 11 is 0. The summed E-state index contributed by atoms with van der Waals surface area (Å²) in [5, 5.41) is 8.01. The van der Waals surface area contributed by atoms with Gasteiger partial charge in [-0.25, -0.2) is 9.67 Å². The molecule has 0 aromatic carbocycles. The van der Waals surface area contributed by atoms with E-state index in [0.717, 1.165) is 37.9 Å². The van der Waals surface area contributed by atoms with Crippen molar-refractivity contribution in [3.8, 4) is 0 Å². The first-order valence-electron chi connectivity index (χ1n) is 7.62. The molecule has 19 heavy (non-hydrogen) atoms. The van der Waals surface area contributed by atoms with Crippen LogP contribution in [0.3, 0.4) is 0 Å².